The molecule has 2 fully saturated rings. The summed E-state index contributed by atoms with van der Waals surface area (Å²) >= 11 is 0. The van der Waals surface area contributed by atoms with Crippen LogP contribution in [0.3, 0.4) is 0 Å². The summed E-state index contributed by atoms with van der Waals surface area (Å²) in [5.41, 5.74) is 1.13. The second-order valence-corrected chi connectivity index (χ2v) is 9.10. The Morgan fingerprint density at radius 2 is 2.04 bits per heavy atom. The largest absolute Gasteiger partial charge is 0.379 e. The fourth-order valence-corrected chi connectivity index (χ4v) is 4.84. The molecule has 2 aliphatic rings. The summed E-state index contributed by atoms with van der Waals surface area (Å²) in [5.74, 6) is 2.88. The molecule has 1 aromatic rings. The van der Waals surface area contributed by atoms with Crippen LogP contribution < -0.4 is 5.32 Å². The number of rotatable bonds is 8. The standard InChI is InChI=1S/C21H34N4O2S/c1-2-22-21(23-9-15-28(26)18-19-6-4-3-5-7-19)25-10-8-20(17-25)16-24-11-13-27-14-12-24/h3-7,20H,2,8-18H2,1H3,(H,22,23). The predicted octanol–water partition coefficient (Wildman–Crippen LogP) is 1.55. The molecule has 3 rings (SSSR count). The summed E-state index contributed by atoms with van der Waals surface area (Å²) in [4.78, 5) is 9.66. The van der Waals surface area contributed by atoms with E-state index < -0.39 is 10.8 Å². The van der Waals surface area contributed by atoms with E-state index in [2.05, 4.69) is 22.0 Å². The van der Waals surface area contributed by atoms with E-state index in [4.69, 9.17) is 9.73 Å². The van der Waals surface area contributed by atoms with Gasteiger partial charge in [0.25, 0.3) is 0 Å². The maximum Gasteiger partial charge on any atom is 0.193 e. The SMILES string of the molecule is CCNC(=NCCS(=O)Cc1ccccc1)N1CCC(CN2CCOCC2)C1. The Hall–Kier alpha value is -1.44. The number of guanidine groups is 1. The molecule has 2 saturated heterocycles. The summed E-state index contributed by atoms with van der Waals surface area (Å²) < 4.78 is 17.8. The van der Waals surface area contributed by atoms with E-state index >= 15 is 0 Å². The van der Waals surface area contributed by atoms with Crippen molar-refractivity contribution < 1.29 is 8.95 Å². The average Bonchev–Trinajstić information content (AvgIpc) is 3.17. The predicted molar refractivity (Wildman–Crippen MR) is 116 cm³/mol. The number of ether oxygens (including phenoxy) is 1. The van der Waals surface area contributed by atoms with Gasteiger partial charge in [-0.1, -0.05) is 30.3 Å². The highest BCUT2D eigenvalue weighted by Gasteiger charge is 2.27. The minimum Gasteiger partial charge on any atom is -0.379 e. The van der Waals surface area contributed by atoms with Crippen LogP contribution in [0.1, 0.15) is 18.9 Å². The van der Waals surface area contributed by atoms with Gasteiger partial charge in [0.05, 0.1) is 19.8 Å². The van der Waals surface area contributed by atoms with Gasteiger partial charge >= 0.3 is 0 Å². The lowest BCUT2D eigenvalue weighted by Gasteiger charge is -2.29. The fraction of sp³-hybridized carbons (Fsp3) is 0.667. The third kappa shape index (κ3) is 6.87. The van der Waals surface area contributed by atoms with E-state index in [0.717, 1.165) is 64.0 Å². The van der Waals surface area contributed by atoms with Gasteiger partial charge in [0.15, 0.2) is 5.96 Å². The van der Waals surface area contributed by atoms with Gasteiger partial charge < -0.3 is 15.0 Å². The highest BCUT2D eigenvalue weighted by Crippen LogP contribution is 2.18. The van der Waals surface area contributed by atoms with Crippen molar-refractivity contribution in [2.75, 3.05) is 64.8 Å². The molecule has 2 aliphatic heterocycles. The maximum atomic E-state index is 12.3. The van der Waals surface area contributed by atoms with E-state index in [1.807, 2.05) is 30.3 Å². The van der Waals surface area contributed by atoms with Gasteiger partial charge in [-0.15, -0.1) is 0 Å². The van der Waals surface area contributed by atoms with E-state index in [9.17, 15) is 4.21 Å². The van der Waals surface area contributed by atoms with Crippen LogP contribution in [0.5, 0.6) is 0 Å². The van der Waals surface area contributed by atoms with Crippen molar-refractivity contribution in [1.29, 1.82) is 0 Å². The highest BCUT2D eigenvalue weighted by atomic mass is 32.2. The molecule has 28 heavy (non-hydrogen) atoms. The lowest BCUT2D eigenvalue weighted by atomic mass is 10.1. The van der Waals surface area contributed by atoms with Gasteiger partial charge in [0.2, 0.25) is 0 Å². The quantitative estimate of drug-likeness (QED) is 0.524. The number of nitrogens with one attached hydrogen (secondary N) is 1. The van der Waals surface area contributed by atoms with E-state index in [0.29, 0.717) is 24.0 Å². The summed E-state index contributed by atoms with van der Waals surface area (Å²) in [6.07, 6.45) is 1.21. The zero-order valence-electron chi connectivity index (χ0n) is 17.0. The second-order valence-electron chi connectivity index (χ2n) is 7.52. The maximum absolute atomic E-state index is 12.3. The number of likely N-dealkylation sites (tertiary alicyclic amines) is 1. The first-order chi connectivity index (χ1) is 13.7. The molecule has 0 aliphatic carbocycles. The van der Waals surface area contributed by atoms with Crippen molar-refractivity contribution >= 4 is 16.8 Å². The molecular formula is C21H34N4O2S. The fourth-order valence-electron chi connectivity index (χ4n) is 3.83. The molecule has 0 spiro atoms. The van der Waals surface area contributed by atoms with Crippen LogP contribution in [0.15, 0.2) is 35.3 Å². The zero-order chi connectivity index (χ0) is 19.6. The van der Waals surface area contributed by atoms with E-state index in [1.54, 1.807) is 0 Å². The normalized spacial score (nSPS) is 22.4. The third-order valence-electron chi connectivity index (χ3n) is 5.29. The van der Waals surface area contributed by atoms with Gasteiger partial charge in [-0.3, -0.25) is 14.1 Å². The zero-order valence-corrected chi connectivity index (χ0v) is 17.8. The topological polar surface area (TPSA) is 57.2 Å². The Morgan fingerprint density at radius 1 is 1.25 bits per heavy atom. The van der Waals surface area contributed by atoms with Gasteiger partial charge in [-0.05, 0) is 24.8 Å². The van der Waals surface area contributed by atoms with Crippen molar-refractivity contribution in [2.24, 2.45) is 10.9 Å². The number of hydrogen-bond donors (Lipinski definition) is 1. The van der Waals surface area contributed by atoms with Crippen LogP contribution in [0, 0.1) is 5.92 Å². The minimum absolute atomic E-state index is 0.604. The molecule has 7 heteroatoms. The molecule has 1 aromatic carbocycles. The molecule has 0 radical (unpaired) electrons. The van der Waals surface area contributed by atoms with Crippen LogP contribution >= 0.6 is 0 Å². The van der Waals surface area contributed by atoms with Crippen LogP contribution in [0.2, 0.25) is 0 Å². The Kier molecular flexibility index (Phi) is 8.76. The molecule has 0 bridgehead atoms. The lowest BCUT2D eigenvalue weighted by Crippen LogP contribution is -2.42. The second kappa shape index (κ2) is 11.5. The molecule has 0 saturated carbocycles. The number of aliphatic imine (C=N–C) groups is 1. The number of morpholine rings is 1. The molecule has 2 unspecified atom stereocenters. The number of nitrogens with zero attached hydrogens (tertiary/aromatic N) is 3. The monoisotopic (exact) mass is 406 g/mol. The Morgan fingerprint density at radius 3 is 2.79 bits per heavy atom. The van der Waals surface area contributed by atoms with Crippen molar-refractivity contribution in [3.63, 3.8) is 0 Å². The van der Waals surface area contributed by atoms with Gasteiger partial charge in [0, 0.05) is 61.6 Å². The molecule has 2 heterocycles. The van der Waals surface area contributed by atoms with Crippen LogP contribution in [-0.4, -0.2) is 84.7 Å². The molecule has 1 N–H and O–H groups in total. The molecular weight excluding hydrogens is 372 g/mol. The summed E-state index contributed by atoms with van der Waals surface area (Å²) in [5, 5.41) is 3.42. The minimum atomic E-state index is -0.877. The van der Waals surface area contributed by atoms with Crippen LogP contribution in [0.25, 0.3) is 0 Å². The molecule has 0 aromatic heterocycles. The van der Waals surface area contributed by atoms with Crippen molar-refractivity contribution in [3.05, 3.63) is 35.9 Å². The summed E-state index contributed by atoms with van der Waals surface area (Å²) in [7, 11) is -0.877. The van der Waals surface area contributed by atoms with Crippen molar-refractivity contribution in [3.8, 4) is 0 Å². The first kappa shape index (κ1) is 21.3. The van der Waals surface area contributed by atoms with Crippen molar-refractivity contribution in [1.82, 2.24) is 15.1 Å². The third-order valence-corrected chi connectivity index (χ3v) is 6.58. The van der Waals surface area contributed by atoms with E-state index in [-0.39, 0.29) is 0 Å². The smallest absolute Gasteiger partial charge is 0.193 e. The van der Waals surface area contributed by atoms with Gasteiger partial charge in [-0.25, -0.2) is 0 Å². The molecule has 6 nitrogen and oxygen atoms in total. The first-order valence-corrected chi connectivity index (χ1v) is 12.0. The van der Waals surface area contributed by atoms with E-state index in [1.165, 1.54) is 6.42 Å². The average molecular weight is 407 g/mol. The highest BCUT2D eigenvalue weighted by molar-refractivity contribution is 7.84. The Bertz CT molecular complexity index is 635. The first-order valence-electron chi connectivity index (χ1n) is 10.5. The van der Waals surface area contributed by atoms with Crippen molar-refractivity contribution in [2.45, 2.75) is 19.1 Å². The lowest BCUT2D eigenvalue weighted by molar-refractivity contribution is 0.0315. The summed E-state index contributed by atoms with van der Waals surface area (Å²) in [6.45, 7) is 10.6. The summed E-state index contributed by atoms with van der Waals surface area (Å²) in [6, 6.07) is 10.0. The van der Waals surface area contributed by atoms with Crippen LogP contribution in [-0.2, 0) is 21.3 Å². The molecule has 2 atom stereocenters. The Labute approximate surface area is 171 Å². The van der Waals surface area contributed by atoms with Crippen LogP contribution in [0.4, 0.5) is 0 Å². The molecule has 156 valence electrons. The molecule has 0 amide bonds. The van der Waals surface area contributed by atoms with Gasteiger partial charge in [0.1, 0.15) is 0 Å². The Balaban J connectivity index is 1.45. The number of hydrogen-bond acceptors (Lipinski definition) is 4. The van der Waals surface area contributed by atoms with Gasteiger partial charge in [-0.2, -0.15) is 0 Å². The number of benzene rings is 1.